The molecule has 0 aliphatic carbocycles. The van der Waals surface area contributed by atoms with Crippen LogP contribution in [0.15, 0.2) is 30.3 Å². The molecular formula is C11H18IP. The van der Waals surface area contributed by atoms with Gasteiger partial charge < -0.3 is 24.0 Å². The van der Waals surface area contributed by atoms with Gasteiger partial charge in [0.25, 0.3) is 0 Å². The second-order valence-electron chi connectivity index (χ2n) is 3.55. The van der Waals surface area contributed by atoms with E-state index in [0.717, 1.165) is 0 Å². The lowest BCUT2D eigenvalue weighted by Gasteiger charge is -1.99. The minimum absolute atomic E-state index is 0. The summed E-state index contributed by atoms with van der Waals surface area (Å²) >= 11 is 0. The smallest absolute Gasteiger partial charge is 0.0569 e. The van der Waals surface area contributed by atoms with E-state index in [1.807, 2.05) is 0 Å². The molecule has 1 rings (SSSR count). The summed E-state index contributed by atoms with van der Waals surface area (Å²) in [5.41, 5.74) is 1.49. The van der Waals surface area contributed by atoms with Crippen LogP contribution in [0.3, 0.4) is 0 Å². The van der Waals surface area contributed by atoms with Crippen molar-refractivity contribution in [2.45, 2.75) is 12.8 Å². The van der Waals surface area contributed by atoms with Crippen molar-refractivity contribution >= 4 is 7.92 Å². The third kappa shape index (κ3) is 6.45. The first-order chi connectivity index (χ1) is 5.79. The van der Waals surface area contributed by atoms with Crippen molar-refractivity contribution < 1.29 is 24.0 Å². The highest BCUT2D eigenvalue weighted by atomic mass is 127. The standard InChI is InChI=1S/C11H17P.HI/c1-12(2)10-6-9-11-7-4-3-5-8-11;/h3-5,7-8H,6,9-10H2,1-2H3;1H. The van der Waals surface area contributed by atoms with Crippen LogP contribution in [0.5, 0.6) is 0 Å². The zero-order valence-electron chi connectivity index (χ0n) is 8.39. The van der Waals surface area contributed by atoms with Gasteiger partial charge >= 0.3 is 0 Å². The van der Waals surface area contributed by atoms with Crippen LogP contribution in [0.1, 0.15) is 12.0 Å². The number of hydrogen-bond donors (Lipinski definition) is 0. The molecule has 0 saturated heterocycles. The highest BCUT2D eigenvalue weighted by molar-refractivity contribution is 7.55. The van der Waals surface area contributed by atoms with E-state index in [9.17, 15) is 0 Å². The molecule has 1 aromatic rings. The molecule has 0 nitrogen and oxygen atoms in total. The number of halogens is 1. The average Bonchev–Trinajstić information content (AvgIpc) is 2.05. The number of rotatable bonds is 4. The van der Waals surface area contributed by atoms with Gasteiger partial charge in [0.05, 0.1) is 6.16 Å². The van der Waals surface area contributed by atoms with Crippen LogP contribution in [0.2, 0.25) is 0 Å². The topological polar surface area (TPSA) is 0 Å². The van der Waals surface area contributed by atoms with Gasteiger partial charge in [0.1, 0.15) is 0 Å². The van der Waals surface area contributed by atoms with E-state index in [2.05, 4.69) is 43.7 Å². The van der Waals surface area contributed by atoms with Crippen molar-refractivity contribution in [2.75, 3.05) is 19.5 Å². The molecular weight excluding hydrogens is 290 g/mol. The molecule has 0 aromatic heterocycles. The summed E-state index contributed by atoms with van der Waals surface area (Å²) < 4.78 is 0. The van der Waals surface area contributed by atoms with E-state index in [1.54, 1.807) is 0 Å². The molecule has 0 unspecified atom stereocenters. The maximum atomic E-state index is 2.38. The van der Waals surface area contributed by atoms with Crippen LogP contribution >= 0.6 is 7.92 Å². The second kappa shape index (κ2) is 7.75. The fourth-order valence-corrected chi connectivity index (χ4v) is 2.17. The fraction of sp³-hybridized carbons (Fsp3) is 0.455. The molecule has 1 aromatic carbocycles. The minimum Gasteiger partial charge on any atom is -1.00 e. The van der Waals surface area contributed by atoms with Gasteiger partial charge in [-0.1, -0.05) is 30.3 Å². The third-order valence-electron chi connectivity index (χ3n) is 1.99. The lowest BCUT2D eigenvalue weighted by Crippen LogP contribution is -3.00. The highest BCUT2D eigenvalue weighted by Crippen LogP contribution is 2.25. The van der Waals surface area contributed by atoms with Gasteiger partial charge in [0, 0.05) is 13.3 Å². The van der Waals surface area contributed by atoms with E-state index < -0.39 is 0 Å². The van der Waals surface area contributed by atoms with Crippen LogP contribution in [0.4, 0.5) is 0 Å². The third-order valence-corrected chi connectivity index (χ3v) is 3.34. The zero-order chi connectivity index (χ0) is 8.81. The lowest BCUT2D eigenvalue weighted by molar-refractivity contribution is -0.00000263. The molecule has 0 fully saturated rings. The maximum Gasteiger partial charge on any atom is 0.0569 e. The predicted molar refractivity (Wildman–Crippen MR) is 59.8 cm³/mol. The molecule has 0 N–H and O–H groups in total. The molecule has 0 spiro atoms. The summed E-state index contributed by atoms with van der Waals surface area (Å²) in [6.07, 6.45) is 4.07. The quantitative estimate of drug-likeness (QED) is 0.547. The van der Waals surface area contributed by atoms with E-state index in [1.165, 1.54) is 24.6 Å². The van der Waals surface area contributed by atoms with E-state index >= 15 is 0 Å². The molecule has 74 valence electrons. The molecule has 0 heterocycles. The Bertz CT molecular complexity index is 209. The molecule has 0 aliphatic rings. The summed E-state index contributed by atoms with van der Waals surface area (Å²) in [6, 6.07) is 10.8. The van der Waals surface area contributed by atoms with E-state index in [0.29, 0.717) is 0 Å². The van der Waals surface area contributed by atoms with E-state index in [-0.39, 0.29) is 31.9 Å². The van der Waals surface area contributed by atoms with Crippen LogP contribution < -0.4 is 24.0 Å². The van der Waals surface area contributed by atoms with Crippen molar-refractivity contribution in [3.8, 4) is 0 Å². The van der Waals surface area contributed by atoms with Crippen LogP contribution in [-0.4, -0.2) is 19.5 Å². The summed E-state index contributed by atoms with van der Waals surface area (Å²) in [6.45, 7) is 4.77. The molecule has 0 saturated carbocycles. The van der Waals surface area contributed by atoms with E-state index in [4.69, 9.17) is 0 Å². The summed E-state index contributed by atoms with van der Waals surface area (Å²) in [5, 5.41) is 0. The Kier molecular flexibility index (Phi) is 7.98. The molecule has 13 heavy (non-hydrogen) atoms. The van der Waals surface area contributed by atoms with Gasteiger partial charge in [-0.15, -0.1) is 0 Å². The first-order valence-corrected chi connectivity index (χ1v) is 7.32. The predicted octanol–water partition coefficient (Wildman–Crippen LogP) is 0.0970. The Labute approximate surface area is 99.9 Å². The Morgan fingerprint density at radius 2 is 1.69 bits per heavy atom. The Hall–Kier alpha value is 0.380. The van der Waals surface area contributed by atoms with Crippen molar-refractivity contribution in [3.63, 3.8) is 0 Å². The molecule has 0 atom stereocenters. The Morgan fingerprint density at radius 3 is 2.23 bits per heavy atom. The van der Waals surface area contributed by atoms with Gasteiger partial charge in [-0.25, -0.2) is 0 Å². The summed E-state index contributed by atoms with van der Waals surface area (Å²) in [7, 11) is -0.00422. The normalized spacial score (nSPS) is 9.77. The van der Waals surface area contributed by atoms with Crippen LogP contribution in [0.25, 0.3) is 0 Å². The molecule has 2 heteroatoms. The number of benzene rings is 1. The first-order valence-electron chi connectivity index (χ1n) is 4.62. The molecule has 0 aliphatic heterocycles. The van der Waals surface area contributed by atoms with Crippen LogP contribution in [0, 0.1) is 0 Å². The van der Waals surface area contributed by atoms with Crippen molar-refractivity contribution in [2.24, 2.45) is 0 Å². The maximum absolute atomic E-state index is 2.38. The summed E-state index contributed by atoms with van der Waals surface area (Å²) in [5.74, 6) is 0. The Balaban J connectivity index is 0.00000144. The largest absolute Gasteiger partial charge is 1.00 e. The van der Waals surface area contributed by atoms with Gasteiger partial charge in [0.15, 0.2) is 0 Å². The van der Waals surface area contributed by atoms with Crippen molar-refractivity contribution in [3.05, 3.63) is 35.9 Å². The first kappa shape index (κ1) is 13.4. The monoisotopic (exact) mass is 308 g/mol. The number of hydrogen-bond acceptors (Lipinski definition) is 0. The highest BCUT2D eigenvalue weighted by Gasteiger charge is 1.99. The van der Waals surface area contributed by atoms with Gasteiger partial charge in [0.2, 0.25) is 0 Å². The van der Waals surface area contributed by atoms with Gasteiger partial charge in [-0.05, 0) is 26.3 Å². The number of aryl methyl sites for hydroxylation is 1. The molecule has 0 amide bonds. The minimum atomic E-state index is -0.00422. The van der Waals surface area contributed by atoms with Gasteiger partial charge in [-0.3, -0.25) is 0 Å². The zero-order valence-corrected chi connectivity index (χ0v) is 11.5. The lowest BCUT2D eigenvalue weighted by atomic mass is 10.1. The Morgan fingerprint density at radius 1 is 1.08 bits per heavy atom. The molecule has 0 radical (unpaired) electrons. The van der Waals surface area contributed by atoms with Crippen molar-refractivity contribution in [1.82, 2.24) is 0 Å². The second-order valence-corrected chi connectivity index (χ2v) is 6.46. The summed E-state index contributed by atoms with van der Waals surface area (Å²) in [4.78, 5) is 0. The fourth-order valence-electron chi connectivity index (χ4n) is 1.29. The van der Waals surface area contributed by atoms with Crippen molar-refractivity contribution in [1.29, 1.82) is 0 Å². The SMILES string of the molecule is C[PH+](C)CCCc1ccccc1.[I-]. The van der Waals surface area contributed by atoms with Crippen LogP contribution in [-0.2, 0) is 6.42 Å². The molecule has 0 bridgehead atoms. The van der Waals surface area contributed by atoms with Gasteiger partial charge in [-0.2, -0.15) is 0 Å². The average molecular weight is 308 g/mol.